The average Bonchev–Trinajstić information content (AvgIpc) is 3.16. The van der Waals surface area contributed by atoms with Crippen LogP contribution >= 0.6 is 0 Å². The first-order valence-corrected chi connectivity index (χ1v) is 10.7. The first kappa shape index (κ1) is 21.4. The number of rotatable bonds is 7. The third kappa shape index (κ3) is 5.07. The Bertz CT molecular complexity index is 1010. The van der Waals surface area contributed by atoms with E-state index in [0.29, 0.717) is 17.6 Å². The average molecular weight is 425 g/mol. The Hall–Kier alpha value is -2.86. The van der Waals surface area contributed by atoms with E-state index in [-0.39, 0.29) is 5.82 Å². The molecule has 2 aromatic carbocycles. The molecule has 1 aliphatic heterocycles. The summed E-state index contributed by atoms with van der Waals surface area (Å²) in [6.07, 6.45) is 3.28. The van der Waals surface area contributed by atoms with Gasteiger partial charge in [0.25, 0.3) is 0 Å². The summed E-state index contributed by atoms with van der Waals surface area (Å²) in [5, 5.41) is 0. The molecule has 0 radical (unpaired) electrons. The number of nitrogens with zero attached hydrogens (tertiary/aromatic N) is 2. The second kappa shape index (κ2) is 9.52. The SMILES string of the molecule is COc1ccc(-c2nc(CN3CCC(Cc4ccc(F)cc4)CC3)c(C)o2)c(OC)c1. The van der Waals surface area contributed by atoms with E-state index in [1.54, 1.807) is 26.4 Å². The fourth-order valence-corrected chi connectivity index (χ4v) is 4.18. The molecule has 0 amide bonds. The lowest BCUT2D eigenvalue weighted by Gasteiger charge is -2.31. The smallest absolute Gasteiger partial charge is 0.230 e. The number of aryl methyl sites for hydroxylation is 1. The summed E-state index contributed by atoms with van der Waals surface area (Å²) >= 11 is 0. The highest BCUT2D eigenvalue weighted by Gasteiger charge is 2.22. The summed E-state index contributed by atoms with van der Waals surface area (Å²) in [6, 6.07) is 12.5. The van der Waals surface area contributed by atoms with Crippen molar-refractivity contribution in [3.63, 3.8) is 0 Å². The van der Waals surface area contributed by atoms with Crippen LogP contribution in [0, 0.1) is 18.7 Å². The molecule has 164 valence electrons. The van der Waals surface area contributed by atoms with E-state index in [1.165, 1.54) is 5.56 Å². The van der Waals surface area contributed by atoms with Gasteiger partial charge in [-0.3, -0.25) is 4.90 Å². The van der Waals surface area contributed by atoms with Crippen LogP contribution in [0.5, 0.6) is 11.5 Å². The minimum atomic E-state index is -0.173. The van der Waals surface area contributed by atoms with Crippen molar-refractivity contribution in [2.24, 2.45) is 5.92 Å². The second-order valence-electron chi connectivity index (χ2n) is 8.14. The van der Waals surface area contributed by atoms with Gasteiger partial charge in [-0.1, -0.05) is 12.1 Å². The van der Waals surface area contributed by atoms with Gasteiger partial charge in [0.05, 0.1) is 25.5 Å². The Morgan fingerprint density at radius 3 is 2.48 bits per heavy atom. The van der Waals surface area contributed by atoms with Gasteiger partial charge in [-0.25, -0.2) is 9.37 Å². The van der Waals surface area contributed by atoms with Crippen LogP contribution in [0.2, 0.25) is 0 Å². The van der Waals surface area contributed by atoms with Crippen molar-refractivity contribution in [2.45, 2.75) is 32.7 Å². The van der Waals surface area contributed by atoms with Crippen molar-refractivity contribution < 1.29 is 18.3 Å². The van der Waals surface area contributed by atoms with Gasteiger partial charge in [0.2, 0.25) is 5.89 Å². The zero-order chi connectivity index (χ0) is 21.8. The number of hydrogen-bond donors (Lipinski definition) is 0. The summed E-state index contributed by atoms with van der Waals surface area (Å²) in [7, 11) is 3.26. The van der Waals surface area contributed by atoms with Crippen LogP contribution in [-0.2, 0) is 13.0 Å². The molecule has 1 aliphatic rings. The van der Waals surface area contributed by atoms with Crippen LogP contribution in [-0.4, -0.2) is 37.2 Å². The molecule has 2 heterocycles. The van der Waals surface area contributed by atoms with Crippen molar-refractivity contribution in [1.82, 2.24) is 9.88 Å². The van der Waals surface area contributed by atoms with Crippen molar-refractivity contribution in [3.05, 3.63) is 65.3 Å². The van der Waals surface area contributed by atoms with E-state index >= 15 is 0 Å². The van der Waals surface area contributed by atoms with E-state index in [9.17, 15) is 4.39 Å². The molecule has 0 aliphatic carbocycles. The van der Waals surface area contributed by atoms with Gasteiger partial charge < -0.3 is 13.9 Å². The molecule has 6 heteroatoms. The highest BCUT2D eigenvalue weighted by molar-refractivity contribution is 5.65. The standard InChI is InChI=1S/C25H29FN2O3/c1-17-23(27-25(31-17)22-9-8-21(29-2)15-24(22)30-3)16-28-12-10-19(11-13-28)14-18-4-6-20(26)7-5-18/h4-9,15,19H,10-14,16H2,1-3H3. The lowest BCUT2D eigenvalue weighted by molar-refractivity contribution is 0.175. The minimum Gasteiger partial charge on any atom is -0.497 e. The van der Waals surface area contributed by atoms with Crippen LogP contribution < -0.4 is 9.47 Å². The maximum absolute atomic E-state index is 13.1. The summed E-state index contributed by atoms with van der Waals surface area (Å²) in [5.74, 6) is 3.27. The lowest BCUT2D eigenvalue weighted by atomic mass is 9.90. The first-order valence-electron chi connectivity index (χ1n) is 10.7. The third-order valence-electron chi connectivity index (χ3n) is 6.05. The number of likely N-dealkylation sites (tertiary alicyclic amines) is 1. The predicted molar refractivity (Wildman–Crippen MR) is 118 cm³/mol. The molecule has 1 saturated heterocycles. The van der Waals surface area contributed by atoms with Crippen molar-refractivity contribution in [3.8, 4) is 23.0 Å². The topological polar surface area (TPSA) is 47.7 Å². The predicted octanol–water partition coefficient (Wildman–Crippen LogP) is 5.26. The quantitative estimate of drug-likeness (QED) is 0.518. The van der Waals surface area contributed by atoms with Crippen LogP contribution in [0.4, 0.5) is 4.39 Å². The van der Waals surface area contributed by atoms with Gasteiger partial charge >= 0.3 is 0 Å². The zero-order valence-corrected chi connectivity index (χ0v) is 18.4. The van der Waals surface area contributed by atoms with Crippen molar-refractivity contribution in [2.75, 3.05) is 27.3 Å². The van der Waals surface area contributed by atoms with Gasteiger partial charge in [0.15, 0.2) is 0 Å². The summed E-state index contributed by atoms with van der Waals surface area (Å²) in [6.45, 7) is 4.79. The molecule has 4 rings (SSSR count). The molecule has 0 N–H and O–H groups in total. The highest BCUT2D eigenvalue weighted by atomic mass is 19.1. The van der Waals surface area contributed by atoms with Crippen molar-refractivity contribution >= 4 is 0 Å². The van der Waals surface area contributed by atoms with E-state index < -0.39 is 0 Å². The third-order valence-corrected chi connectivity index (χ3v) is 6.05. The fraction of sp³-hybridized carbons (Fsp3) is 0.400. The number of piperidine rings is 1. The molecular formula is C25H29FN2O3. The van der Waals surface area contributed by atoms with Crippen LogP contribution in [0.3, 0.4) is 0 Å². The van der Waals surface area contributed by atoms with E-state index in [0.717, 1.165) is 61.7 Å². The second-order valence-corrected chi connectivity index (χ2v) is 8.14. The minimum absolute atomic E-state index is 0.173. The summed E-state index contributed by atoms with van der Waals surface area (Å²) in [4.78, 5) is 7.20. The molecule has 1 aromatic heterocycles. The number of benzene rings is 2. The van der Waals surface area contributed by atoms with Crippen molar-refractivity contribution in [1.29, 1.82) is 0 Å². The van der Waals surface area contributed by atoms with E-state index in [2.05, 4.69) is 4.90 Å². The van der Waals surface area contributed by atoms with Gasteiger partial charge in [0, 0.05) is 12.6 Å². The van der Waals surface area contributed by atoms with Crippen LogP contribution in [0.25, 0.3) is 11.5 Å². The van der Waals surface area contributed by atoms with Crippen LogP contribution in [0.1, 0.15) is 29.9 Å². The Morgan fingerprint density at radius 2 is 1.81 bits per heavy atom. The Kier molecular flexibility index (Phi) is 6.56. The molecule has 3 aromatic rings. The molecule has 0 atom stereocenters. The van der Waals surface area contributed by atoms with Gasteiger partial charge in [-0.15, -0.1) is 0 Å². The van der Waals surface area contributed by atoms with Gasteiger partial charge in [0.1, 0.15) is 23.1 Å². The number of hydrogen-bond acceptors (Lipinski definition) is 5. The molecule has 0 bridgehead atoms. The first-order chi connectivity index (χ1) is 15.1. The largest absolute Gasteiger partial charge is 0.497 e. The molecule has 1 fully saturated rings. The highest BCUT2D eigenvalue weighted by Crippen LogP contribution is 2.34. The Labute approximate surface area is 182 Å². The molecule has 5 nitrogen and oxygen atoms in total. The van der Waals surface area contributed by atoms with Gasteiger partial charge in [-0.05, 0) is 75.0 Å². The maximum atomic E-state index is 13.1. The number of ether oxygens (including phenoxy) is 2. The summed E-state index contributed by atoms with van der Waals surface area (Å²) in [5.41, 5.74) is 2.99. The number of methoxy groups -OCH3 is 2. The van der Waals surface area contributed by atoms with Gasteiger partial charge in [-0.2, -0.15) is 0 Å². The molecule has 0 unspecified atom stereocenters. The number of halogens is 1. The van der Waals surface area contributed by atoms with E-state index in [4.69, 9.17) is 18.9 Å². The normalized spacial score (nSPS) is 15.2. The fourth-order valence-electron chi connectivity index (χ4n) is 4.18. The Balaban J connectivity index is 1.38. The molecule has 31 heavy (non-hydrogen) atoms. The monoisotopic (exact) mass is 424 g/mol. The molecule has 0 spiro atoms. The summed E-state index contributed by atoms with van der Waals surface area (Å²) < 4.78 is 29.9. The van der Waals surface area contributed by atoms with Crippen LogP contribution in [0.15, 0.2) is 46.9 Å². The van der Waals surface area contributed by atoms with E-state index in [1.807, 2.05) is 37.3 Å². The Morgan fingerprint density at radius 1 is 1.06 bits per heavy atom. The number of aromatic nitrogens is 1. The zero-order valence-electron chi connectivity index (χ0n) is 18.4. The maximum Gasteiger partial charge on any atom is 0.230 e. The lowest BCUT2D eigenvalue weighted by Crippen LogP contribution is -2.34. The molecule has 0 saturated carbocycles. The molecular weight excluding hydrogens is 395 g/mol. The number of oxazole rings is 1.